The molecule has 4 heteroatoms. The van der Waals surface area contributed by atoms with E-state index in [1.54, 1.807) is 0 Å². The van der Waals surface area contributed by atoms with Crippen molar-refractivity contribution in [2.75, 3.05) is 13.1 Å². The molecule has 0 bridgehead atoms. The summed E-state index contributed by atoms with van der Waals surface area (Å²) >= 11 is 0. The van der Waals surface area contributed by atoms with E-state index in [-0.39, 0.29) is 19.0 Å². The van der Waals surface area contributed by atoms with Gasteiger partial charge in [0.05, 0.1) is 6.54 Å². The lowest BCUT2D eigenvalue weighted by atomic mass is 10.0. The molecular formula is C14H20ClNO2. The van der Waals surface area contributed by atoms with Crippen molar-refractivity contribution in [3.05, 3.63) is 35.9 Å². The molecule has 0 aromatic heterocycles. The molecule has 0 amide bonds. The number of aliphatic carboxylic acids is 1. The molecule has 1 aromatic carbocycles. The molecule has 0 spiro atoms. The third-order valence-corrected chi connectivity index (χ3v) is 3.45. The van der Waals surface area contributed by atoms with Crippen LogP contribution < -0.4 is 0 Å². The maximum Gasteiger partial charge on any atom is 0.317 e. The summed E-state index contributed by atoms with van der Waals surface area (Å²) in [4.78, 5) is 12.8. The summed E-state index contributed by atoms with van der Waals surface area (Å²) in [5, 5.41) is 8.84. The van der Waals surface area contributed by atoms with E-state index >= 15 is 0 Å². The number of carboxylic acid groups (broad SMARTS) is 1. The van der Waals surface area contributed by atoms with Crippen LogP contribution in [-0.4, -0.2) is 35.1 Å². The maximum atomic E-state index is 10.7. The van der Waals surface area contributed by atoms with Gasteiger partial charge in [-0.25, -0.2) is 0 Å². The van der Waals surface area contributed by atoms with Crippen molar-refractivity contribution in [3.63, 3.8) is 0 Å². The van der Waals surface area contributed by atoms with Gasteiger partial charge < -0.3 is 5.11 Å². The summed E-state index contributed by atoms with van der Waals surface area (Å²) in [5.41, 5.74) is 1.34. The Bertz CT molecular complexity index is 369. The number of carbonyl (C=O) groups is 1. The molecule has 18 heavy (non-hydrogen) atoms. The van der Waals surface area contributed by atoms with Crippen LogP contribution in [0, 0.1) is 0 Å². The summed E-state index contributed by atoms with van der Waals surface area (Å²) in [5.74, 6) is -0.711. The molecule has 1 atom stereocenters. The zero-order valence-corrected chi connectivity index (χ0v) is 11.2. The Balaban J connectivity index is 0.00000162. The zero-order chi connectivity index (χ0) is 12.1. The monoisotopic (exact) mass is 269 g/mol. The molecular weight excluding hydrogens is 250 g/mol. The first kappa shape index (κ1) is 15.0. The van der Waals surface area contributed by atoms with E-state index in [4.69, 9.17) is 5.11 Å². The number of hydrogen-bond acceptors (Lipinski definition) is 2. The van der Waals surface area contributed by atoms with E-state index < -0.39 is 5.97 Å². The van der Waals surface area contributed by atoms with Crippen LogP contribution in [0.5, 0.6) is 0 Å². The highest BCUT2D eigenvalue weighted by Crippen LogP contribution is 2.21. The number of aryl methyl sites for hydroxylation is 1. The predicted molar refractivity (Wildman–Crippen MR) is 74.2 cm³/mol. The molecule has 1 N–H and O–H groups in total. The number of benzene rings is 1. The summed E-state index contributed by atoms with van der Waals surface area (Å²) < 4.78 is 0. The second kappa shape index (κ2) is 7.39. The van der Waals surface area contributed by atoms with Crippen LogP contribution in [0.1, 0.15) is 24.8 Å². The van der Waals surface area contributed by atoms with E-state index in [1.165, 1.54) is 5.56 Å². The average Bonchev–Trinajstić information content (AvgIpc) is 2.74. The highest BCUT2D eigenvalue weighted by Gasteiger charge is 2.25. The van der Waals surface area contributed by atoms with E-state index in [0.717, 1.165) is 32.2 Å². The minimum atomic E-state index is -0.711. The van der Waals surface area contributed by atoms with Gasteiger partial charge in [-0.1, -0.05) is 30.3 Å². The fourth-order valence-electron chi connectivity index (χ4n) is 2.58. The summed E-state index contributed by atoms with van der Waals surface area (Å²) in [6, 6.07) is 10.9. The van der Waals surface area contributed by atoms with Crippen molar-refractivity contribution >= 4 is 18.4 Å². The zero-order valence-electron chi connectivity index (χ0n) is 10.4. The van der Waals surface area contributed by atoms with E-state index in [1.807, 2.05) is 6.07 Å². The van der Waals surface area contributed by atoms with E-state index in [0.29, 0.717) is 6.04 Å². The van der Waals surface area contributed by atoms with Crippen LogP contribution in [0.4, 0.5) is 0 Å². The fourth-order valence-corrected chi connectivity index (χ4v) is 2.58. The highest BCUT2D eigenvalue weighted by atomic mass is 35.5. The number of carboxylic acids is 1. The highest BCUT2D eigenvalue weighted by molar-refractivity contribution is 5.85. The van der Waals surface area contributed by atoms with Crippen LogP contribution >= 0.6 is 12.4 Å². The second-order valence-corrected chi connectivity index (χ2v) is 4.68. The Kier molecular flexibility index (Phi) is 6.16. The Morgan fingerprint density at radius 3 is 2.72 bits per heavy atom. The number of halogens is 1. The standard InChI is InChI=1S/C14H19NO2.ClH/c16-14(17)11-15-10-4-7-13(15)9-8-12-5-2-1-3-6-12;/h1-3,5-6,13H,4,7-11H2,(H,16,17);1H. The van der Waals surface area contributed by atoms with Gasteiger partial charge >= 0.3 is 5.97 Å². The number of nitrogens with zero attached hydrogens (tertiary/aromatic N) is 1. The Hall–Kier alpha value is -1.06. The first-order chi connectivity index (χ1) is 8.25. The van der Waals surface area contributed by atoms with Crippen LogP contribution in [0.2, 0.25) is 0 Å². The molecule has 1 heterocycles. The van der Waals surface area contributed by atoms with Crippen molar-refractivity contribution in [2.24, 2.45) is 0 Å². The molecule has 0 saturated carbocycles. The Morgan fingerprint density at radius 2 is 2.06 bits per heavy atom. The molecule has 1 aromatic rings. The summed E-state index contributed by atoms with van der Waals surface area (Å²) in [7, 11) is 0. The van der Waals surface area contributed by atoms with Crippen LogP contribution in [-0.2, 0) is 11.2 Å². The van der Waals surface area contributed by atoms with Gasteiger partial charge in [-0.15, -0.1) is 12.4 Å². The second-order valence-electron chi connectivity index (χ2n) is 4.68. The minimum absolute atomic E-state index is 0. The lowest BCUT2D eigenvalue weighted by Crippen LogP contribution is -2.34. The number of rotatable bonds is 5. The molecule has 1 saturated heterocycles. The molecule has 100 valence electrons. The van der Waals surface area contributed by atoms with Gasteiger partial charge in [0.2, 0.25) is 0 Å². The van der Waals surface area contributed by atoms with Crippen LogP contribution in [0.25, 0.3) is 0 Å². The smallest absolute Gasteiger partial charge is 0.317 e. The third kappa shape index (κ3) is 4.31. The molecule has 0 radical (unpaired) electrons. The summed E-state index contributed by atoms with van der Waals surface area (Å²) in [6.07, 6.45) is 4.38. The molecule has 1 fully saturated rings. The van der Waals surface area contributed by atoms with Crippen LogP contribution in [0.3, 0.4) is 0 Å². The molecule has 2 rings (SSSR count). The Morgan fingerprint density at radius 1 is 1.33 bits per heavy atom. The number of hydrogen-bond donors (Lipinski definition) is 1. The molecule has 1 aliphatic heterocycles. The van der Waals surface area contributed by atoms with E-state index in [2.05, 4.69) is 29.2 Å². The first-order valence-corrected chi connectivity index (χ1v) is 6.25. The van der Waals surface area contributed by atoms with Crippen molar-refractivity contribution in [1.82, 2.24) is 4.90 Å². The largest absolute Gasteiger partial charge is 0.480 e. The van der Waals surface area contributed by atoms with Crippen LogP contribution in [0.15, 0.2) is 30.3 Å². The SMILES string of the molecule is Cl.O=C(O)CN1CCCC1CCc1ccccc1. The van der Waals surface area contributed by atoms with Crippen molar-refractivity contribution < 1.29 is 9.90 Å². The quantitative estimate of drug-likeness (QED) is 0.893. The van der Waals surface area contributed by atoms with Gasteiger partial charge in [0, 0.05) is 6.04 Å². The van der Waals surface area contributed by atoms with Crippen molar-refractivity contribution in [3.8, 4) is 0 Å². The lowest BCUT2D eigenvalue weighted by molar-refractivity contribution is -0.138. The van der Waals surface area contributed by atoms with Gasteiger partial charge in [0.25, 0.3) is 0 Å². The predicted octanol–water partition coefficient (Wildman–Crippen LogP) is 2.59. The molecule has 1 aliphatic rings. The first-order valence-electron chi connectivity index (χ1n) is 6.25. The van der Waals surface area contributed by atoms with Crippen molar-refractivity contribution in [1.29, 1.82) is 0 Å². The van der Waals surface area contributed by atoms with Gasteiger partial charge in [-0.2, -0.15) is 0 Å². The van der Waals surface area contributed by atoms with Gasteiger partial charge in [0.15, 0.2) is 0 Å². The lowest BCUT2D eigenvalue weighted by Gasteiger charge is -2.22. The normalized spacial score (nSPS) is 19.4. The molecule has 1 unspecified atom stereocenters. The maximum absolute atomic E-state index is 10.7. The van der Waals surface area contributed by atoms with Gasteiger partial charge in [-0.05, 0) is 37.8 Å². The van der Waals surface area contributed by atoms with Gasteiger partial charge in [0.1, 0.15) is 0 Å². The minimum Gasteiger partial charge on any atom is -0.480 e. The topological polar surface area (TPSA) is 40.5 Å². The molecule has 0 aliphatic carbocycles. The Labute approximate surface area is 114 Å². The fraction of sp³-hybridized carbons (Fsp3) is 0.500. The van der Waals surface area contributed by atoms with Gasteiger partial charge in [-0.3, -0.25) is 9.69 Å². The third-order valence-electron chi connectivity index (χ3n) is 3.45. The molecule has 3 nitrogen and oxygen atoms in total. The number of likely N-dealkylation sites (tertiary alicyclic amines) is 1. The summed E-state index contributed by atoms with van der Waals surface area (Å²) in [6.45, 7) is 1.13. The van der Waals surface area contributed by atoms with Crippen molar-refractivity contribution in [2.45, 2.75) is 31.7 Å². The van der Waals surface area contributed by atoms with E-state index in [9.17, 15) is 4.79 Å². The average molecular weight is 270 g/mol.